The molecule has 0 radical (unpaired) electrons. The summed E-state index contributed by atoms with van der Waals surface area (Å²) < 4.78 is 5.91. The van der Waals surface area contributed by atoms with Crippen molar-refractivity contribution >= 4 is 17.5 Å². The van der Waals surface area contributed by atoms with Crippen molar-refractivity contribution in [3.05, 3.63) is 77.3 Å². The minimum Gasteiger partial charge on any atom is -0.462 e. The molecule has 2 aromatic rings. The van der Waals surface area contributed by atoms with Gasteiger partial charge in [0.05, 0.1) is 0 Å². The molecule has 0 saturated heterocycles. The lowest BCUT2D eigenvalue weighted by Gasteiger charge is -2.36. The minimum absolute atomic E-state index is 0.0201. The van der Waals surface area contributed by atoms with Gasteiger partial charge in [-0.05, 0) is 68.2 Å². The van der Waals surface area contributed by atoms with Crippen molar-refractivity contribution in [1.82, 2.24) is 4.98 Å². The SMILES string of the molecule is CC1=NC2=C(C(=O)C[C@@H](c3ccccc3)C2)[C@H](c2ccncc2)C1C(=O)OC1CCCC1. The first-order valence-electron chi connectivity index (χ1n) is 11.6. The Morgan fingerprint density at radius 1 is 0.969 bits per heavy atom. The summed E-state index contributed by atoms with van der Waals surface area (Å²) in [5, 5.41) is 0. The molecule has 0 spiro atoms. The van der Waals surface area contributed by atoms with Crippen molar-refractivity contribution in [1.29, 1.82) is 0 Å². The lowest BCUT2D eigenvalue weighted by Crippen LogP contribution is -2.39. The fraction of sp³-hybridized carbons (Fsp3) is 0.407. The van der Waals surface area contributed by atoms with Crippen molar-refractivity contribution in [2.24, 2.45) is 10.9 Å². The summed E-state index contributed by atoms with van der Waals surface area (Å²) in [6, 6.07) is 14.0. The third-order valence-corrected chi connectivity index (χ3v) is 7.06. The summed E-state index contributed by atoms with van der Waals surface area (Å²) in [5.41, 5.74) is 4.31. The van der Waals surface area contributed by atoms with Gasteiger partial charge in [-0.25, -0.2) is 0 Å². The topological polar surface area (TPSA) is 68.6 Å². The molecule has 164 valence electrons. The number of hydrogen-bond donors (Lipinski definition) is 0. The van der Waals surface area contributed by atoms with Crippen LogP contribution in [0.25, 0.3) is 0 Å². The molecular formula is C27H28N2O3. The van der Waals surface area contributed by atoms with Crippen LogP contribution < -0.4 is 0 Å². The largest absolute Gasteiger partial charge is 0.462 e. The van der Waals surface area contributed by atoms with Crippen LogP contribution in [0.4, 0.5) is 0 Å². The van der Waals surface area contributed by atoms with Crippen molar-refractivity contribution in [2.75, 3.05) is 0 Å². The van der Waals surface area contributed by atoms with Gasteiger partial charge in [-0.1, -0.05) is 30.3 Å². The third-order valence-electron chi connectivity index (χ3n) is 7.06. The van der Waals surface area contributed by atoms with Crippen LogP contribution in [0, 0.1) is 5.92 Å². The number of pyridine rings is 1. The highest BCUT2D eigenvalue weighted by atomic mass is 16.5. The lowest BCUT2D eigenvalue weighted by atomic mass is 9.69. The van der Waals surface area contributed by atoms with E-state index in [9.17, 15) is 9.59 Å². The van der Waals surface area contributed by atoms with Gasteiger partial charge >= 0.3 is 5.97 Å². The van der Waals surface area contributed by atoms with E-state index in [4.69, 9.17) is 9.73 Å². The van der Waals surface area contributed by atoms with E-state index in [1.54, 1.807) is 12.4 Å². The standard InChI is InChI=1S/C27H28N2O3/c1-17-24(27(31)32-21-9-5-6-10-21)25(19-11-13-28-14-12-19)26-22(29-17)15-20(16-23(26)30)18-7-3-2-4-8-18/h2-4,7-8,11-14,20-21,24-25H,5-6,9-10,15-16H2,1H3/t20-,24?,25+/m0/s1. The zero-order valence-electron chi connectivity index (χ0n) is 18.4. The van der Waals surface area contributed by atoms with Crippen LogP contribution in [0.1, 0.15) is 68.4 Å². The van der Waals surface area contributed by atoms with Crippen molar-refractivity contribution < 1.29 is 14.3 Å². The monoisotopic (exact) mass is 428 g/mol. The lowest BCUT2D eigenvalue weighted by molar-refractivity contribution is -0.151. The van der Waals surface area contributed by atoms with Crippen molar-refractivity contribution in [2.45, 2.75) is 63.4 Å². The molecule has 2 aliphatic carbocycles. The van der Waals surface area contributed by atoms with E-state index < -0.39 is 5.92 Å². The predicted molar refractivity (Wildman–Crippen MR) is 122 cm³/mol. The maximum absolute atomic E-state index is 13.5. The van der Waals surface area contributed by atoms with Gasteiger partial charge in [-0.3, -0.25) is 19.6 Å². The zero-order chi connectivity index (χ0) is 22.1. The molecule has 3 atom stereocenters. The van der Waals surface area contributed by atoms with E-state index in [2.05, 4.69) is 17.1 Å². The Morgan fingerprint density at radius 2 is 1.69 bits per heavy atom. The number of allylic oxidation sites excluding steroid dienone is 2. The Morgan fingerprint density at radius 3 is 2.41 bits per heavy atom. The molecule has 1 aromatic carbocycles. The van der Waals surface area contributed by atoms with Gasteiger partial charge in [0, 0.05) is 41.7 Å². The van der Waals surface area contributed by atoms with E-state index in [0.29, 0.717) is 18.4 Å². The number of carbonyl (C=O) groups excluding carboxylic acids is 2. The molecule has 0 amide bonds. The number of aromatic nitrogens is 1. The normalized spacial score (nSPS) is 26.0. The van der Waals surface area contributed by atoms with Gasteiger partial charge in [0.2, 0.25) is 0 Å². The van der Waals surface area contributed by atoms with E-state index in [-0.39, 0.29) is 29.7 Å². The number of rotatable bonds is 4. The molecule has 3 aliphatic rings. The van der Waals surface area contributed by atoms with Gasteiger partial charge in [-0.15, -0.1) is 0 Å². The third kappa shape index (κ3) is 3.92. The van der Waals surface area contributed by atoms with Gasteiger partial charge in [-0.2, -0.15) is 0 Å². The second-order valence-corrected chi connectivity index (χ2v) is 9.13. The smallest absolute Gasteiger partial charge is 0.315 e. The molecule has 0 N–H and O–H groups in total. The summed E-state index contributed by atoms with van der Waals surface area (Å²) in [7, 11) is 0. The van der Waals surface area contributed by atoms with Gasteiger partial charge in [0.15, 0.2) is 5.78 Å². The Bertz CT molecular complexity index is 1070. The van der Waals surface area contributed by atoms with Crippen LogP contribution in [-0.4, -0.2) is 28.6 Å². The van der Waals surface area contributed by atoms with Crippen LogP contribution in [0.5, 0.6) is 0 Å². The second kappa shape index (κ2) is 8.81. The summed E-state index contributed by atoms with van der Waals surface area (Å²) >= 11 is 0. The molecule has 2 heterocycles. The highest BCUT2D eigenvalue weighted by Crippen LogP contribution is 2.46. The predicted octanol–water partition coefficient (Wildman–Crippen LogP) is 5.14. The van der Waals surface area contributed by atoms with Crippen LogP contribution in [-0.2, 0) is 14.3 Å². The summed E-state index contributed by atoms with van der Waals surface area (Å²) in [6.07, 6.45) is 8.58. The first-order valence-corrected chi connectivity index (χ1v) is 11.6. The van der Waals surface area contributed by atoms with E-state index in [1.807, 2.05) is 37.3 Å². The fourth-order valence-corrected chi connectivity index (χ4v) is 5.50. The van der Waals surface area contributed by atoms with Gasteiger partial charge in [0.1, 0.15) is 12.0 Å². The minimum atomic E-state index is -0.575. The number of ketones is 1. The van der Waals surface area contributed by atoms with Crippen LogP contribution in [0.3, 0.4) is 0 Å². The quantitative estimate of drug-likeness (QED) is 0.632. The number of aliphatic imine (C=N–C) groups is 1. The molecule has 32 heavy (non-hydrogen) atoms. The van der Waals surface area contributed by atoms with Crippen molar-refractivity contribution in [3.63, 3.8) is 0 Å². The molecule has 1 unspecified atom stereocenters. The highest BCUT2D eigenvalue weighted by Gasteiger charge is 2.45. The molecule has 1 saturated carbocycles. The van der Waals surface area contributed by atoms with E-state index in [0.717, 1.165) is 48.2 Å². The Kier molecular flexibility index (Phi) is 5.73. The van der Waals surface area contributed by atoms with Gasteiger partial charge < -0.3 is 4.74 Å². The second-order valence-electron chi connectivity index (χ2n) is 9.13. The number of esters is 1. The van der Waals surface area contributed by atoms with Crippen molar-refractivity contribution in [3.8, 4) is 0 Å². The summed E-state index contributed by atoms with van der Waals surface area (Å²) in [5.74, 6) is -1.02. The molecule has 1 aromatic heterocycles. The molecular weight excluding hydrogens is 400 g/mol. The average Bonchev–Trinajstić information content (AvgIpc) is 3.32. The number of Topliss-reactive ketones (excluding diaryl/α,β-unsaturated/α-hetero) is 1. The number of nitrogens with zero attached hydrogens (tertiary/aromatic N) is 2. The van der Waals surface area contributed by atoms with E-state index >= 15 is 0 Å². The first kappa shape index (κ1) is 20.8. The molecule has 1 aliphatic heterocycles. The fourth-order valence-electron chi connectivity index (χ4n) is 5.50. The van der Waals surface area contributed by atoms with E-state index in [1.165, 1.54) is 0 Å². The molecule has 5 rings (SSSR count). The number of hydrogen-bond acceptors (Lipinski definition) is 5. The number of ether oxygens (including phenoxy) is 1. The molecule has 0 bridgehead atoms. The van der Waals surface area contributed by atoms with Gasteiger partial charge in [0.25, 0.3) is 0 Å². The van der Waals surface area contributed by atoms with Crippen LogP contribution in [0.2, 0.25) is 0 Å². The zero-order valence-corrected chi connectivity index (χ0v) is 18.4. The maximum Gasteiger partial charge on any atom is 0.315 e. The van der Waals surface area contributed by atoms with Crippen LogP contribution in [0.15, 0.2) is 71.1 Å². The maximum atomic E-state index is 13.5. The number of benzene rings is 1. The Labute approximate surface area is 188 Å². The summed E-state index contributed by atoms with van der Waals surface area (Å²) in [6.45, 7) is 1.90. The molecule has 5 heteroatoms. The van der Waals surface area contributed by atoms with Crippen LogP contribution >= 0.6 is 0 Å². The highest BCUT2D eigenvalue weighted by molar-refractivity contribution is 6.09. The average molecular weight is 429 g/mol. The molecule has 5 nitrogen and oxygen atoms in total. The number of carbonyl (C=O) groups is 2. The molecule has 1 fully saturated rings. The Hall–Kier alpha value is -3.08. The summed E-state index contributed by atoms with van der Waals surface area (Å²) in [4.78, 5) is 35.9. The first-order chi connectivity index (χ1) is 15.6. The Balaban J connectivity index is 1.53.